The van der Waals surface area contributed by atoms with Gasteiger partial charge < -0.3 is 4.90 Å². The van der Waals surface area contributed by atoms with Gasteiger partial charge in [-0.3, -0.25) is 4.79 Å². The Hall–Kier alpha value is -3.06. The van der Waals surface area contributed by atoms with E-state index in [2.05, 4.69) is 0 Å². The molecular weight excluding hydrogens is 408 g/mol. The highest BCUT2D eigenvalue weighted by atomic mass is 32.2. The largest absolute Gasteiger partial charge is 0.335 e. The summed E-state index contributed by atoms with van der Waals surface area (Å²) in [6.45, 7) is 1.70. The number of carbonyl (C=O) groups is 1. The molecule has 0 saturated carbocycles. The highest BCUT2D eigenvalue weighted by molar-refractivity contribution is 7.90. The smallest absolute Gasteiger partial charge is 0.254 e. The zero-order valence-electron chi connectivity index (χ0n) is 16.5. The molecule has 0 heterocycles. The minimum atomic E-state index is -3.55. The molecule has 3 rings (SSSR count). The van der Waals surface area contributed by atoms with Crippen LogP contribution in [-0.4, -0.2) is 26.3 Å². The van der Waals surface area contributed by atoms with Crippen molar-refractivity contribution in [2.45, 2.75) is 23.6 Å². The summed E-state index contributed by atoms with van der Waals surface area (Å²) in [5, 5.41) is 0. The van der Waals surface area contributed by atoms with Crippen LogP contribution in [-0.2, 0) is 15.6 Å². The van der Waals surface area contributed by atoms with Crippen LogP contribution in [0.25, 0.3) is 0 Å². The van der Waals surface area contributed by atoms with E-state index >= 15 is 0 Å². The van der Waals surface area contributed by atoms with Gasteiger partial charge in [0.25, 0.3) is 5.91 Å². The number of halogens is 2. The van der Waals surface area contributed by atoms with Crippen molar-refractivity contribution in [3.8, 4) is 0 Å². The van der Waals surface area contributed by atoms with E-state index in [0.29, 0.717) is 16.7 Å². The second-order valence-electron chi connectivity index (χ2n) is 7.04. The lowest BCUT2D eigenvalue weighted by Gasteiger charge is -2.25. The zero-order chi connectivity index (χ0) is 21.9. The van der Waals surface area contributed by atoms with Gasteiger partial charge >= 0.3 is 0 Å². The molecule has 0 radical (unpaired) electrons. The number of carbonyl (C=O) groups excluding carboxylic acids is 1. The molecule has 4 nitrogen and oxygen atoms in total. The standard InChI is InChI=1S/C23H21F2NO3S/c1-16(18-11-12-21(24)22(25)14-18)26(2)23(27)19-8-6-7-17(13-19)15-30(28,29)20-9-4-3-5-10-20/h3-14,16H,15H2,1-2H3/t16-/m1/s1. The van der Waals surface area contributed by atoms with Gasteiger partial charge in [0.1, 0.15) is 0 Å². The van der Waals surface area contributed by atoms with Crippen molar-refractivity contribution in [1.29, 1.82) is 0 Å². The molecule has 0 aliphatic rings. The normalized spacial score (nSPS) is 12.4. The Morgan fingerprint density at radius 1 is 0.933 bits per heavy atom. The van der Waals surface area contributed by atoms with Crippen molar-refractivity contribution >= 4 is 15.7 Å². The molecule has 3 aromatic carbocycles. The van der Waals surface area contributed by atoms with Gasteiger partial charge in [0, 0.05) is 12.6 Å². The summed E-state index contributed by atoms with van der Waals surface area (Å²) >= 11 is 0. The van der Waals surface area contributed by atoms with Crippen molar-refractivity contribution in [2.75, 3.05) is 7.05 Å². The van der Waals surface area contributed by atoms with E-state index in [9.17, 15) is 22.0 Å². The Kier molecular flexibility index (Phi) is 6.31. The number of amides is 1. The van der Waals surface area contributed by atoms with Crippen LogP contribution in [0.1, 0.15) is 34.5 Å². The number of hydrogen-bond acceptors (Lipinski definition) is 3. The Labute approximate surface area is 174 Å². The Bertz CT molecular complexity index is 1160. The Morgan fingerprint density at radius 2 is 1.63 bits per heavy atom. The molecule has 0 aliphatic carbocycles. The van der Waals surface area contributed by atoms with Crippen LogP contribution in [0.5, 0.6) is 0 Å². The van der Waals surface area contributed by atoms with Gasteiger partial charge in [-0.1, -0.05) is 36.4 Å². The fourth-order valence-electron chi connectivity index (χ4n) is 3.10. The van der Waals surface area contributed by atoms with Gasteiger partial charge in [0.05, 0.1) is 16.7 Å². The lowest BCUT2D eigenvalue weighted by Crippen LogP contribution is -2.29. The average molecular weight is 429 g/mol. The summed E-state index contributed by atoms with van der Waals surface area (Å²) in [4.78, 5) is 14.5. The van der Waals surface area contributed by atoms with E-state index in [1.807, 2.05) is 0 Å². The van der Waals surface area contributed by atoms with Crippen molar-refractivity contribution in [2.24, 2.45) is 0 Å². The van der Waals surface area contributed by atoms with E-state index in [-0.39, 0.29) is 16.6 Å². The fraction of sp³-hybridized carbons (Fsp3) is 0.174. The van der Waals surface area contributed by atoms with Gasteiger partial charge in [-0.05, 0) is 54.4 Å². The molecule has 7 heteroatoms. The maximum atomic E-state index is 13.5. The summed E-state index contributed by atoms with van der Waals surface area (Å²) in [5.74, 6) is -2.52. The predicted molar refractivity (Wildman–Crippen MR) is 111 cm³/mol. The molecule has 0 unspecified atom stereocenters. The second-order valence-corrected chi connectivity index (χ2v) is 9.03. The van der Waals surface area contributed by atoms with Crippen molar-refractivity contribution in [3.05, 3.63) is 101 Å². The first-order valence-corrected chi connectivity index (χ1v) is 10.9. The van der Waals surface area contributed by atoms with E-state index in [1.165, 1.54) is 29.2 Å². The summed E-state index contributed by atoms with van der Waals surface area (Å²) in [6.07, 6.45) is 0. The zero-order valence-corrected chi connectivity index (χ0v) is 17.4. The predicted octanol–water partition coefficient (Wildman–Crippen LogP) is 4.77. The third-order valence-electron chi connectivity index (χ3n) is 4.96. The molecule has 3 aromatic rings. The van der Waals surface area contributed by atoms with Gasteiger partial charge in [-0.15, -0.1) is 0 Å². The van der Waals surface area contributed by atoms with Gasteiger partial charge in [0.15, 0.2) is 21.5 Å². The molecule has 0 bridgehead atoms. The molecule has 0 N–H and O–H groups in total. The number of rotatable bonds is 6. The molecule has 0 aromatic heterocycles. The van der Waals surface area contributed by atoms with Crippen LogP contribution in [0.4, 0.5) is 8.78 Å². The lowest BCUT2D eigenvalue weighted by atomic mass is 10.1. The Morgan fingerprint density at radius 3 is 2.30 bits per heavy atom. The van der Waals surface area contributed by atoms with E-state index < -0.39 is 27.5 Å². The molecule has 30 heavy (non-hydrogen) atoms. The highest BCUT2D eigenvalue weighted by Crippen LogP contribution is 2.23. The topological polar surface area (TPSA) is 54.5 Å². The molecule has 0 fully saturated rings. The molecule has 0 spiro atoms. The number of nitrogens with zero attached hydrogens (tertiary/aromatic N) is 1. The third-order valence-corrected chi connectivity index (χ3v) is 6.66. The minimum Gasteiger partial charge on any atom is -0.335 e. The maximum absolute atomic E-state index is 13.5. The first-order chi connectivity index (χ1) is 14.2. The van der Waals surface area contributed by atoms with Gasteiger partial charge in [-0.25, -0.2) is 17.2 Å². The molecule has 0 aliphatic heterocycles. The SMILES string of the molecule is C[C@H](c1ccc(F)c(F)c1)N(C)C(=O)c1cccc(CS(=O)(=O)c2ccccc2)c1. The van der Waals surface area contributed by atoms with Crippen molar-refractivity contribution in [1.82, 2.24) is 4.90 Å². The quantitative estimate of drug-likeness (QED) is 0.567. The Balaban J connectivity index is 1.81. The highest BCUT2D eigenvalue weighted by Gasteiger charge is 2.21. The van der Waals surface area contributed by atoms with Crippen LogP contribution in [0.3, 0.4) is 0 Å². The van der Waals surface area contributed by atoms with Crippen LogP contribution < -0.4 is 0 Å². The van der Waals surface area contributed by atoms with E-state index in [0.717, 1.165) is 12.1 Å². The van der Waals surface area contributed by atoms with Crippen LogP contribution in [0.2, 0.25) is 0 Å². The molecule has 0 saturated heterocycles. The molecular formula is C23H21F2NO3S. The van der Waals surface area contributed by atoms with Gasteiger partial charge in [0.2, 0.25) is 0 Å². The summed E-state index contributed by atoms with van der Waals surface area (Å²) in [5.41, 5.74) is 1.25. The summed E-state index contributed by atoms with van der Waals surface area (Å²) < 4.78 is 51.9. The van der Waals surface area contributed by atoms with Gasteiger partial charge in [-0.2, -0.15) is 0 Å². The second kappa shape index (κ2) is 8.75. The van der Waals surface area contributed by atoms with Crippen LogP contribution in [0.15, 0.2) is 77.7 Å². The fourth-order valence-corrected chi connectivity index (χ4v) is 4.46. The van der Waals surface area contributed by atoms with E-state index in [1.54, 1.807) is 50.4 Å². The first kappa shape index (κ1) is 21.6. The monoisotopic (exact) mass is 429 g/mol. The molecule has 1 atom stereocenters. The number of sulfone groups is 1. The van der Waals surface area contributed by atoms with Crippen molar-refractivity contribution < 1.29 is 22.0 Å². The number of benzene rings is 3. The van der Waals surface area contributed by atoms with Crippen molar-refractivity contribution in [3.63, 3.8) is 0 Å². The molecule has 156 valence electrons. The lowest BCUT2D eigenvalue weighted by molar-refractivity contribution is 0.0742. The summed E-state index contributed by atoms with van der Waals surface area (Å²) in [7, 11) is -1.99. The maximum Gasteiger partial charge on any atom is 0.254 e. The summed E-state index contributed by atoms with van der Waals surface area (Å²) in [6, 6.07) is 17.5. The van der Waals surface area contributed by atoms with Crippen LogP contribution >= 0.6 is 0 Å². The average Bonchev–Trinajstić information content (AvgIpc) is 2.74. The van der Waals surface area contributed by atoms with Crippen LogP contribution in [0, 0.1) is 11.6 Å². The van der Waals surface area contributed by atoms with E-state index in [4.69, 9.17) is 0 Å². The first-order valence-electron chi connectivity index (χ1n) is 9.28. The third kappa shape index (κ3) is 4.74. The number of hydrogen-bond donors (Lipinski definition) is 0. The molecule has 1 amide bonds. The minimum absolute atomic E-state index is 0.214.